The van der Waals surface area contributed by atoms with Gasteiger partial charge in [0, 0.05) is 0 Å². The molecule has 2 nitrogen and oxygen atoms in total. The maximum atomic E-state index is 5.02. The summed E-state index contributed by atoms with van der Waals surface area (Å²) in [4.78, 5) is 0. The average Bonchev–Trinajstić information content (AvgIpc) is 0.722. The molecule has 9 heteroatoms. The van der Waals surface area contributed by atoms with E-state index >= 15 is 0 Å². The van der Waals surface area contributed by atoms with E-state index in [9.17, 15) is 0 Å². The Balaban J connectivity index is -0.0000000133. The zero-order valence-corrected chi connectivity index (χ0v) is 11.5. The van der Waals surface area contributed by atoms with Crippen LogP contribution in [0.1, 0.15) is 0 Å². The average molecular weight is 376 g/mol. The predicted molar refractivity (Wildman–Crippen MR) is 41.1 cm³/mol. The molecule has 8 N–H and O–H groups in total. The summed E-state index contributed by atoms with van der Waals surface area (Å²) in [5, 5.41) is 0. The van der Waals surface area contributed by atoms with Gasteiger partial charge in [-0.05, 0) is 0 Å². The van der Waals surface area contributed by atoms with E-state index in [0.717, 1.165) is 0 Å². The molecular formula is H8Cl6N2Te. The summed E-state index contributed by atoms with van der Waals surface area (Å²) in [6.45, 7) is 0. The second-order valence-corrected chi connectivity index (χ2v) is 21.1. The second-order valence-electron chi connectivity index (χ2n) is 0.350. The van der Waals surface area contributed by atoms with Gasteiger partial charge in [-0.15, -0.1) is 0 Å². The van der Waals surface area contributed by atoms with E-state index in [1.165, 1.54) is 0 Å². The van der Waals surface area contributed by atoms with Gasteiger partial charge in [-0.2, -0.15) is 0 Å². The summed E-state index contributed by atoms with van der Waals surface area (Å²) in [6, 6.07) is 0. The van der Waals surface area contributed by atoms with Crippen molar-refractivity contribution in [3.63, 3.8) is 0 Å². The van der Waals surface area contributed by atoms with E-state index in [4.69, 9.17) is 35.9 Å². The first kappa shape index (κ1) is 30.1. The molecule has 0 radical (unpaired) electrons. The molecule has 0 aliphatic carbocycles. The molecule has 0 amide bonds. The van der Waals surface area contributed by atoms with Crippen molar-refractivity contribution in [1.29, 1.82) is 0 Å². The molecule has 0 aliphatic rings. The van der Waals surface area contributed by atoms with Crippen LogP contribution < -0.4 is 37.1 Å². The van der Waals surface area contributed by atoms with E-state index < -0.39 is 13.7 Å². The van der Waals surface area contributed by atoms with Crippen LogP contribution in [0.3, 0.4) is 0 Å². The van der Waals surface area contributed by atoms with Crippen LogP contribution in [0, 0.1) is 0 Å². The minimum atomic E-state index is -3.13. The van der Waals surface area contributed by atoms with E-state index in [1.54, 1.807) is 0 Å². The molecule has 0 heterocycles. The minimum absolute atomic E-state index is 0. The molecule has 0 rings (SSSR count). The quantitative estimate of drug-likeness (QED) is 0.427. The molecule has 0 aromatic carbocycles. The molecule has 0 aromatic heterocycles. The van der Waals surface area contributed by atoms with Crippen LogP contribution in [-0.4, -0.2) is 13.7 Å². The third-order valence-electron chi connectivity index (χ3n) is 0. The maximum absolute atomic E-state index is 5.02. The van der Waals surface area contributed by atoms with Crippen molar-refractivity contribution in [3.8, 4) is 0 Å². The fourth-order valence-corrected chi connectivity index (χ4v) is 0. The van der Waals surface area contributed by atoms with Crippen molar-refractivity contribution in [2.45, 2.75) is 0 Å². The summed E-state index contributed by atoms with van der Waals surface area (Å²) >= 11 is -3.13. The molecule has 0 atom stereocenters. The first-order chi connectivity index (χ1) is 2.00. The Labute approximate surface area is 85.7 Å². The van der Waals surface area contributed by atoms with E-state index in [2.05, 4.69) is 0 Å². The van der Waals surface area contributed by atoms with Gasteiger partial charge in [0.1, 0.15) is 0 Å². The van der Waals surface area contributed by atoms with E-state index in [1.807, 2.05) is 0 Å². The van der Waals surface area contributed by atoms with E-state index in [-0.39, 0.29) is 37.1 Å². The smallest absolute Gasteiger partial charge is 0.369 e. The fourth-order valence-electron chi connectivity index (χ4n) is 0. The van der Waals surface area contributed by atoms with Gasteiger partial charge in [-0.25, -0.2) is 0 Å². The zero-order chi connectivity index (χ0) is 4.50. The van der Waals surface area contributed by atoms with E-state index in [0.29, 0.717) is 0 Å². The van der Waals surface area contributed by atoms with Crippen LogP contribution in [0.4, 0.5) is 0 Å². The number of hydrogen-bond donors (Lipinski definition) is 2. The van der Waals surface area contributed by atoms with Crippen LogP contribution in [-0.2, 0) is 0 Å². The number of quaternary nitrogens is 2. The van der Waals surface area contributed by atoms with Crippen LogP contribution in [0.2, 0.25) is 0 Å². The SMILES string of the molecule is Cl[Te](Cl)(Cl)Cl.[Cl-].[Cl-].[NH4+].[NH4+]. The Morgan fingerprint density at radius 2 is 0.667 bits per heavy atom. The van der Waals surface area contributed by atoms with Crippen molar-refractivity contribution in [2.75, 3.05) is 0 Å². The summed E-state index contributed by atoms with van der Waals surface area (Å²) in [7, 11) is 20.1. The minimum Gasteiger partial charge on any atom is -1.00 e. The number of halogens is 6. The van der Waals surface area contributed by atoms with Crippen molar-refractivity contribution < 1.29 is 24.8 Å². The maximum Gasteiger partial charge on any atom is -0.369 e. The third-order valence-corrected chi connectivity index (χ3v) is 0. The van der Waals surface area contributed by atoms with Gasteiger partial charge in [-0.3, -0.25) is 0 Å². The summed E-state index contributed by atoms with van der Waals surface area (Å²) in [6.07, 6.45) is 0. The molecule has 0 spiro atoms. The van der Waals surface area contributed by atoms with Gasteiger partial charge >= 0.3 is 49.6 Å². The van der Waals surface area contributed by atoms with Gasteiger partial charge in [-0.1, -0.05) is 0 Å². The third kappa shape index (κ3) is 124. The number of rotatable bonds is 0. The Kier molecular flexibility index (Phi) is 43.6. The summed E-state index contributed by atoms with van der Waals surface area (Å²) in [5.41, 5.74) is 0. The largest absolute Gasteiger partial charge is 1.00 e. The zero-order valence-electron chi connectivity index (χ0n) is 4.68. The van der Waals surface area contributed by atoms with Crippen LogP contribution in [0.15, 0.2) is 0 Å². The van der Waals surface area contributed by atoms with Crippen LogP contribution in [0.5, 0.6) is 0 Å². The van der Waals surface area contributed by atoms with Crippen molar-refractivity contribution in [3.05, 3.63) is 0 Å². The van der Waals surface area contributed by atoms with Crippen LogP contribution in [0.25, 0.3) is 0 Å². The van der Waals surface area contributed by atoms with Gasteiger partial charge in [0.2, 0.25) is 0 Å². The normalized spacial score (nSPS) is 8.44. The number of hydrogen-bond acceptors (Lipinski definition) is 0. The van der Waals surface area contributed by atoms with Crippen molar-refractivity contribution in [2.24, 2.45) is 0 Å². The molecular weight excluding hydrogens is 368 g/mol. The first-order valence-corrected chi connectivity index (χ1v) is 12.4. The standard InChI is InChI=1S/Cl4Te.2ClH.2H3N/c1-5(2,3)4;;;;/h;2*1H;2*1H3. The Hall–Kier alpha value is 2.45. The molecule has 0 saturated heterocycles. The monoisotopic (exact) mass is 376 g/mol. The molecule has 0 aromatic rings. The van der Waals surface area contributed by atoms with Gasteiger partial charge in [0.05, 0.1) is 0 Å². The van der Waals surface area contributed by atoms with Gasteiger partial charge < -0.3 is 37.1 Å². The molecule has 0 bridgehead atoms. The fraction of sp³-hybridized carbons (Fsp3) is 0. The molecule has 9 heavy (non-hydrogen) atoms. The molecule has 0 aliphatic heterocycles. The summed E-state index contributed by atoms with van der Waals surface area (Å²) < 4.78 is 0. The first-order valence-electron chi connectivity index (χ1n) is 0.617. The Morgan fingerprint density at radius 1 is 0.667 bits per heavy atom. The molecule has 66 valence electrons. The Morgan fingerprint density at radius 3 is 0.667 bits per heavy atom. The topological polar surface area (TPSA) is 73.0 Å². The Bertz CT molecular complexity index is 26.5. The molecule has 0 saturated carbocycles. The van der Waals surface area contributed by atoms with Crippen molar-refractivity contribution in [1.82, 2.24) is 12.3 Å². The molecule has 0 fully saturated rings. The molecule has 0 unspecified atom stereocenters. The second kappa shape index (κ2) is 13.1. The van der Waals surface area contributed by atoms with Gasteiger partial charge in [0.15, 0.2) is 0 Å². The van der Waals surface area contributed by atoms with Crippen LogP contribution >= 0.6 is 35.9 Å². The summed E-state index contributed by atoms with van der Waals surface area (Å²) in [5.74, 6) is 0. The predicted octanol–water partition coefficient (Wildman–Crippen LogP) is -2.86. The van der Waals surface area contributed by atoms with Gasteiger partial charge in [0.25, 0.3) is 0 Å². The van der Waals surface area contributed by atoms with Crippen molar-refractivity contribution >= 4 is 49.6 Å².